The van der Waals surface area contributed by atoms with Gasteiger partial charge >= 0.3 is 5.97 Å². The van der Waals surface area contributed by atoms with Crippen molar-refractivity contribution in [3.05, 3.63) is 23.2 Å². The van der Waals surface area contributed by atoms with E-state index in [-0.39, 0.29) is 5.97 Å². The summed E-state index contributed by atoms with van der Waals surface area (Å²) >= 11 is 5.68. The molecule has 3 nitrogen and oxygen atoms in total. The number of rotatable bonds is 1. The van der Waals surface area contributed by atoms with Crippen LogP contribution in [0.3, 0.4) is 0 Å². The smallest absolute Gasteiger partial charge is 0.308 e. The molecule has 2 N–H and O–H groups in total. The second-order valence-corrected chi connectivity index (χ2v) is 2.68. The van der Waals surface area contributed by atoms with Crippen molar-refractivity contribution in [2.24, 2.45) is 0 Å². The highest BCUT2D eigenvalue weighted by Gasteiger charge is 2.00. The molecule has 12 heavy (non-hydrogen) atoms. The van der Waals surface area contributed by atoms with E-state index < -0.39 is 0 Å². The summed E-state index contributed by atoms with van der Waals surface area (Å²) in [7, 11) is 0. The van der Waals surface area contributed by atoms with Gasteiger partial charge in [-0.1, -0.05) is 11.6 Å². The molecule has 1 rings (SSSR count). The Kier molecular flexibility index (Phi) is 2.55. The number of hydrogen-bond donors (Lipinski definition) is 1. The highest BCUT2D eigenvalue weighted by molar-refractivity contribution is 6.33. The monoisotopic (exact) mass is 185 g/mol. The normalized spacial score (nSPS) is 9.50. The van der Waals surface area contributed by atoms with Gasteiger partial charge in [-0.2, -0.15) is 0 Å². The van der Waals surface area contributed by atoms with Crippen LogP contribution in [0.4, 0.5) is 5.69 Å². The van der Waals surface area contributed by atoms with Crippen LogP contribution >= 0.6 is 11.6 Å². The van der Waals surface area contributed by atoms with E-state index in [4.69, 9.17) is 22.1 Å². The van der Waals surface area contributed by atoms with E-state index in [1.165, 1.54) is 13.0 Å². The van der Waals surface area contributed by atoms with Crippen molar-refractivity contribution in [2.45, 2.75) is 6.92 Å². The summed E-state index contributed by atoms with van der Waals surface area (Å²) in [6, 6.07) is 4.67. The zero-order chi connectivity index (χ0) is 9.14. The Bertz CT molecular complexity index is 312. The van der Waals surface area contributed by atoms with Gasteiger partial charge in [-0.3, -0.25) is 4.79 Å². The highest BCUT2D eigenvalue weighted by Crippen LogP contribution is 2.23. The maximum atomic E-state index is 10.5. The molecule has 4 heteroatoms. The Labute approximate surface area is 75.1 Å². The van der Waals surface area contributed by atoms with Crippen LogP contribution in [0.1, 0.15) is 6.92 Å². The van der Waals surface area contributed by atoms with E-state index in [0.29, 0.717) is 16.5 Å². The molecule has 0 aliphatic heterocycles. The van der Waals surface area contributed by atoms with Gasteiger partial charge < -0.3 is 10.5 Å². The maximum Gasteiger partial charge on any atom is 0.308 e. The van der Waals surface area contributed by atoms with Gasteiger partial charge in [0, 0.05) is 13.0 Å². The molecule has 0 aliphatic rings. The van der Waals surface area contributed by atoms with E-state index >= 15 is 0 Å². The lowest BCUT2D eigenvalue weighted by molar-refractivity contribution is -0.131. The summed E-state index contributed by atoms with van der Waals surface area (Å²) in [6.45, 7) is 1.32. The molecule has 0 amide bonds. The lowest BCUT2D eigenvalue weighted by atomic mass is 10.3. The molecule has 0 spiro atoms. The molecule has 0 aromatic heterocycles. The Morgan fingerprint density at radius 3 is 2.75 bits per heavy atom. The van der Waals surface area contributed by atoms with E-state index in [2.05, 4.69) is 0 Å². The van der Waals surface area contributed by atoms with E-state index in [1.54, 1.807) is 12.1 Å². The number of halogens is 1. The molecule has 0 saturated heterocycles. The number of benzene rings is 1. The van der Waals surface area contributed by atoms with Gasteiger partial charge in [0.25, 0.3) is 0 Å². The van der Waals surface area contributed by atoms with Crippen LogP contribution in [0, 0.1) is 0 Å². The van der Waals surface area contributed by atoms with Crippen LogP contribution in [-0.4, -0.2) is 5.97 Å². The average Bonchev–Trinajstić information content (AvgIpc) is 1.96. The quantitative estimate of drug-likeness (QED) is 0.413. The van der Waals surface area contributed by atoms with E-state index in [9.17, 15) is 4.79 Å². The van der Waals surface area contributed by atoms with Crippen LogP contribution in [-0.2, 0) is 4.79 Å². The second kappa shape index (κ2) is 3.45. The van der Waals surface area contributed by atoms with Crippen LogP contribution in [0.15, 0.2) is 18.2 Å². The van der Waals surface area contributed by atoms with Crippen LogP contribution in [0.2, 0.25) is 5.02 Å². The van der Waals surface area contributed by atoms with Crippen LogP contribution in [0.25, 0.3) is 0 Å². The molecule has 0 unspecified atom stereocenters. The molecule has 0 atom stereocenters. The number of hydrogen-bond acceptors (Lipinski definition) is 3. The van der Waals surface area contributed by atoms with E-state index in [0.717, 1.165) is 0 Å². The molecule has 0 fully saturated rings. The second-order valence-electron chi connectivity index (χ2n) is 2.28. The SMILES string of the molecule is CC(=O)Oc1ccc(N)c(Cl)c1. The summed E-state index contributed by atoms with van der Waals surface area (Å²) < 4.78 is 4.77. The van der Waals surface area contributed by atoms with Gasteiger partial charge in [-0.15, -0.1) is 0 Å². The minimum absolute atomic E-state index is 0.379. The van der Waals surface area contributed by atoms with Gasteiger partial charge in [-0.25, -0.2) is 0 Å². The molecule has 0 bridgehead atoms. The molecular formula is C8H8ClNO2. The summed E-state index contributed by atoms with van der Waals surface area (Å²) in [5, 5.41) is 0.383. The van der Waals surface area contributed by atoms with Crippen molar-refractivity contribution in [1.29, 1.82) is 0 Å². The third-order valence-corrected chi connectivity index (χ3v) is 1.56. The standard InChI is InChI=1S/C8H8ClNO2/c1-5(11)12-6-2-3-8(10)7(9)4-6/h2-4H,10H2,1H3. The number of carbonyl (C=O) groups is 1. The minimum atomic E-state index is -0.379. The fourth-order valence-electron chi connectivity index (χ4n) is 0.737. The van der Waals surface area contributed by atoms with Gasteiger partial charge in [0.2, 0.25) is 0 Å². The van der Waals surface area contributed by atoms with E-state index in [1.807, 2.05) is 0 Å². The maximum absolute atomic E-state index is 10.5. The number of nitrogens with two attached hydrogens (primary N) is 1. The van der Waals surface area contributed by atoms with Gasteiger partial charge in [0.05, 0.1) is 10.7 Å². The number of esters is 1. The molecule has 0 aliphatic carbocycles. The zero-order valence-electron chi connectivity index (χ0n) is 6.50. The van der Waals surface area contributed by atoms with Crippen molar-refractivity contribution in [3.63, 3.8) is 0 Å². The lowest BCUT2D eigenvalue weighted by Gasteiger charge is -2.02. The summed E-state index contributed by atoms with van der Waals surface area (Å²) in [6.07, 6.45) is 0. The van der Waals surface area contributed by atoms with Crippen molar-refractivity contribution in [1.82, 2.24) is 0 Å². The third-order valence-electron chi connectivity index (χ3n) is 1.23. The Morgan fingerprint density at radius 2 is 2.25 bits per heavy atom. The first kappa shape index (κ1) is 8.87. The topological polar surface area (TPSA) is 52.3 Å². The molecule has 0 heterocycles. The zero-order valence-corrected chi connectivity index (χ0v) is 7.26. The highest BCUT2D eigenvalue weighted by atomic mass is 35.5. The number of anilines is 1. The van der Waals surface area contributed by atoms with Crippen molar-refractivity contribution in [3.8, 4) is 5.75 Å². The predicted octanol–water partition coefficient (Wildman–Crippen LogP) is 1.85. The first-order chi connectivity index (χ1) is 5.59. The molecular weight excluding hydrogens is 178 g/mol. The first-order valence-electron chi connectivity index (χ1n) is 3.33. The number of carbonyl (C=O) groups excluding carboxylic acids is 1. The van der Waals surface area contributed by atoms with Gasteiger partial charge in [0.15, 0.2) is 0 Å². The Morgan fingerprint density at radius 1 is 1.58 bits per heavy atom. The molecule has 1 aromatic rings. The Hall–Kier alpha value is -1.22. The number of ether oxygens (including phenoxy) is 1. The van der Waals surface area contributed by atoms with Crippen LogP contribution in [0.5, 0.6) is 5.75 Å². The Balaban J connectivity index is 2.89. The first-order valence-corrected chi connectivity index (χ1v) is 3.71. The summed E-state index contributed by atoms with van der Waals surface area (Å²) in [4.78, 5) is 10.5. The molecule has 0 radical (unpaired) electrons. The third kappa shape index (κ3) is 2.13. The number of nitrogen functional groups attached to an aromatic ring is 1. The summed E-state index contributed by atoms with van der Waals surface area (Å²) in [5.74, 6) is 0.0255. The lowest BCUT2D eigenvalue weighted by Crippen LogP contribution is -2.01. The largest absolute Gasteiger partial charge is 0.427 e. The fraction of sp³-hybridized carbons (Fsp3) is 0.125. The minimum Gasteiger partial charge on any atom is -0.427 e. The predicted molar refractivity (Wildman–Crippen MR) is 47.2 cm³/mol. The molecule has 64 valence electrons. The van der Waals surface area contributed by atoms with Gasteiger partial charge in [0.1, 0.15) is 5.75 Å². The van der Waals surface area contributed by atoms with Crippen molar-refractivity contribution < 1.29 is 9.53 Å². The summed E-state index contributed by atoms with van der Waals surface area (Å²) in [5.41, 5.74) is 5.91. The molecule has 0 saturated carbocycles. The molecule has 1 aromatic carbocycles. The van der Waals surface area contributed by atoms with Gasteiger partial charge in [-0.05, 0) is 12.1 Å². The fourth-order valence-corrected chi connectivity index (χ4v) is 0.908. The van der Waals surface area contributed by atoms with Crippen molar-refractivity contribution >= 4 is 23.3 Å². The van der Waals surface area contributed by atoms with Crippen molar-refractivity contribution in [2.75, 3.05) is 5.73 Å². The van der Waals surface area contributed by atoms with Crippen LogP contribution < -0.4 is 10.5 Å². The average molecular weight is 186 g/mol.